The number of allylic oxidation sites excluding steroid dienone is 4. The van der Waals surface area contributed by atoms with E-state index in [0.29, 0.717) is 18.3 Å². The van der Waals surface area contributed by atoms with Gasteiger partial charge in [-0.2, -0.15) is 0 Å². The van der Waals surface area contributed by atoms with Crippen molar-refractivity contribution in [2.45, 2.75) is 65.4 Å². The standard InChI is InChI=1S/C22H30O4/c1-13(23)26-18-12-19(24)22(3)10-8-17-16(20(18)22)6-5-14-11-15(25-4)7-9-21(14,17)2/h5,11,16-18,20H,6-10,12H2,1-4H3/t16-,17-,18?,20-,21+,22-/m1/s1. The van der Waals surface area contributed by atoms with Gasteiger partial charge in [0.15, 0.2) is 0 Å². The molecule has 1 unspecified atom stereocenters. The zero-order chi connectivity index (χ0) is 18.7. The predicted molar refractivity (Wildman–Crippen MR) is 98.1 cm³/mol. The van der Waals surface area contributed by atoms with Crippen LogP contribution in [0.1, 0.15) is 59.3 Å². The summed E-state index contributed by atoms with van der Waals surface area (Å²) in [5, 5.41) is 0. The van der Waals surface area contributed by atoms with E-state index in [2.05, 4.69) is 26.0 Å². The second-order valence-corrected chi connectivity index (χ2v) is 9.15. The van der Waals surface area contributed by atoms with Crippen LogP contribution in [0.4, 0.5) is 0 Å². The first-order valence-corrected chi connectivity index (χ1v) is 9.95. The number of Topliss-reactive ketones (excluding diaryl/α,β-unsaturated/α-hetero) is 1. The van der Waals surface area contributed by atoms with Crippen LogP contribution in [0.2, 0.25) is 0 Å². The molecule has 0 aliphatic heterocycles. The Hall–Kier alpha value is -1.58. The van der Waals surface area contributed by atoms with Crippen LogP contribution in [0.5, 0.6) is 0 Å². The molecule has 6 atom stereocenters. The highest BCUT2D eigenvalue weighted by Gasteiger charge is 2.62. The van der Waals surface area contributed by atoms with E-state index in [1.54, 1.807) is 7.11 Å². The van der Waals surface area contributed by atoms with Gasteiger partial charge in [-0.15, -0.1) is 0 Å². The van der Waals surface area contributed by atoms with E-state index >= 15 is 0 Å². The average molecular weight is 358 g/mol. The van der Waals surface area contributed by atoms with Crippen LogP contribution < -0.4 is 0 Å². The molecule has 2 fully saturated rings. The van der Waals surface area contributed by atoms with Crippen molar-refractivity contribution in [3.8, 4) is 0 Å². The Kier molecular flexibility index (Phi) is 4.09. The Morgan fingerprint density at radius 2 is 2.00 bits per heavy atom. The van der Waals surface area contributed by atoms with Crippen molar-refractivity contribution in [2.75, 3.05) is 7.11 Å². The van der Waals surface area contributed by atoms with Gasteiger partial charge in [0.1, 0.15) is 11.9 Å². The molecule has 4 heteroatoms. The van der Waals surface area contributed by atoms with Crippen LogP contribution in [0.25, 0.3) is 0 Å². The van der Waals surface area contributed by atoms with E-state index in [1.807, 2.05) is 0 Å². The maximum absolute atomic E-state index is 12.8. The Balaban J connectivity index is 1.71. The third-order valence-electron chi connectivity index (χ3n) is 7.99. The molecule has 4 aliphatic carbocycles. The van der Waals surface area contributed by atoms with Gasteiger partial charge >= 0.3 is 5.97 Å². The molecular weight excluding hydrogens is 328 g/mol. The fourth-order valence-corrected chi connectivity index (χ4v) is 6.60. The predicted octanol–water partition coefficient (Wildman–Crippen LogP) is 4.20. The molecule has 0 aromatic heterocycles. The van der Waals surface area contributed by atoms with Crippen molar-refractivity contribution in [3.63, 3.8) is 0 Å². The molecule has 0 aromatic carbocycles. The Morgan fingerprint density at radius 3 is 2.69 bits per heavy atom. The third-order valence-corrected chi connectivity index (χ3v) is 7.99. The molecule has 0 saturated heterocycles. The summed E-state index contributed by atoms with van der Waals surface area (Å²) in [5.74, 6) is 2.20. The summed E-state index contributed by atoms with van der Waals surface area (Å²) in [6, 6.07) is 0. The van der Waals surface area contributed by atoms with Crippen LogP contribution in [-0.2, 0) is 19.1 Å². The summed E-state index contributed by atoms with van der Waals surface area (Å²) >= 11 is 0. The molecule has 0 amide bonds. The van der Waals surface area contributed by atoms with Gasteiger partial charge in [0.25, 0.3) is 0 Å². The minimum absolute atomic E-state index is 0.138. The van der Waals surface area contributed by atoms with Gasteiger partial charge in [-0.1, -0.05) is 19.9 Å². The highest BCUT2D eigenvalue weighted by Crippen LogP contribution is 2.64. The summed E-state index contributed by atoms with van der Waals surface area (Å²) in [6.07, 6.45) is 9.77. The van der Waals surface area contributed by atoms with E-state index in [1.165, 1.54) is 12.5 Å². The number of rotatable bonds is 2. The minimum Gasteiger partial charge on any atom is -0.501 e. The smallest absolute Gasteiger partial charge is 0.302 e. The lowest BCUT2D eigenvalue weighted by Crippen LogP contribution is -2.51. The van der Waals surface area contributed by atoms with Crippen LogP contribution in [-0.4, -0.2) is 25.0 Å². The fraction of sp³-hybridized carbons (Fsp3) is 0.727. The van der Waals surface area contributed by atoms with Crippen LogP contribution in [0.15, 0.2) is 23.5 Å². The number of esters is 1. The number of fused-ring (bicyclic) bond motifs is 5. The zero-order valence-corrected chi connectivity index (χ0v) is 16.3. The second-order valence-electron chi connectivity index (χ2n) is 9.15. The van der Waals surface area contributed by atoms with Crippen molar-refractivity contribution < 1.29 is 19.1 Å². The topological polar surface area (TPSA) is 52.6 Å². The fourth-order valence-electron chi connectivity index (χ4n) is 6.60. The van der Waals surface area contributed by atoms with Gasteiger partial charge < -0.3 is 9.47 Å². The Labute approximate surface area is 156 Å². The van der Waals surface area contributed by atoms with E-state index in [9.17, 15) is 9.59 Å². The van der Waals surface area contributed by atoms with Crippen LogP contribution in [0, 0.1) is 28.6 Å². The van der Waals surface area contributed by atoms with Crippen molar-refractivity contribution in [1.82, 2.24) is 0 Å². The van der Waals surface area contributed by atoms with Crippen LogP contribution in [0.3, 0.4) is 0 Å². The quantitative estimate of drug-likeness (QED) is 0.694. The maximum Gasteiger partial charge on any atom is 0.302 e. The summed E-state index contributed by atoms with van der Waals surface area (Å²) in [7, 11) is 1.75. The second kappa shape index (κ2) is 5.97. The van der Waals surface area contributed by atoms with Gasteiger partial charge in [-0.3, -0.25) is 9.59 Å². The Bertz CT molecular complexity index is 705. The highest BCUT2D eigenvalue weighted by molar-refractivity contribution is 5.88. The van der Waals surface area contributed by atoms with Gasteiger partial charge in [-0.25, -0.2) is 0 Å². The number of carbonyl (C=O) groups excluding carboxylic acids is 2. The number of hydrogen-bond acceptors (Lipinski definition) is 4. The molecule has 26 heavy (non-hydrogen) atoms. The zero-order valence-electron chi connectivity index (χ0n) is 16.3. The summed E-state index contributed by atoms with van der Waals surface area (Å²) in [4.78, 5) is 24.4. The third kappa shape index (κ3) is 2.40. The number of ether oxygens (including phenoxy) is 2. The molecule has 2 saturated carbocycles. The van der Waals surface area contributed by atoms with Crippen molar-refractivity contribution in [2.24, 2.45) is 28.6 Å². The first-order valence-electron chi connectivity index (χ1n) is 9.95. The van der Waals surface area contributed by atoms with Crippen molar-refractivity contribution in [1.29, 1.82) is 0 Å². The lowest BCUT2D eigenvalue weighted by Gasteiger charge is -2.56. The van der Waals surface area contributed by atoms with Gasteiger partial charge in [0, 0.05) is 31.1 Å². The van der Waals surface area contributed by atoms with Gasteiger partial charge in [0.2, 0.25) is 0 Å². The molecule has 0 N–H and O–H groups in total. The molecule has 4 aliphatic rings. The SMILES string of the molecule is COC1=CC2=CC[C@@H]3[C@@H](CC[C@]4(C)C(=O)CC(OC(C)=O)[C@@H]34)[C@@]2(C)CC1. The molecule has 0 heterocycles. The lowest BCUT2D eigenvalue weighted by molar-refractivity contribution is -0.154. The first kappa shape index (κ1) is 17.8. The number of carbonyl (C=O) groups is 2. The maximum atomic E-state index is 12.8. The monoisotopic (exact) mass is 358 g/mol. The molecule has 0 spiro atoms. The molecule has 4 nitrogen and oxygen atoms in total. The Morgan fingerprint density at radius 1 is 1.23 bits per heavy atom. The molecule has 4 rings (SSSR count). The van der Waals surface area contributed by atoms with Crippen LogP contribution >= 0.6 is 0 Å². The van der Waals surface area contributed by atoms with Crippen molar-refractivity contribution in [3.05, 3.63) is 23.5 Å². The summed E-state index contributed by atoms with van der Waals surface area (Å²) in [5.41, 5.74) is 1.21. The lowest BCUT2D eigenvalue weighted by atomic mass is 9.48. The van der Waals surface area contributed by atoms with E-state index in [0.717, 1.165) is 37.9 Å². The van der Waals surface area contributed by atoms with Crippen molar-refractivity contribution >= 4 is 11.8 Å². The van der Waals surface area contributed by atoms with Gasteiger partial charge in [0.05, 0.1) is 12.9 Å². The normalized spacial score (nSPS) is 44.2. The minimum atomic E-state index is -0.328. The average Bonchev–Trinajstić information content (AvgIpc) is 2.84. The molecule has 0 bridgehead atoms. The number of ketones is 1. The highest BCUT2D eigenvalue weighted by atomic mass is 16.5. The van der Waals surface area contributed by atoms with Gasteiger partial charge in [-0.05, 0) is 54.6 Å². The molecule has 142 valence electrons. The summed E-state index contributed by atoms with van der Waals surface area (Å²) < 4.78 is 11.2. The number of methoxy groups -OCH3 is 1. The first-order chi connectivity index (χ1) is 12.3. The molecule has 0 aromatic rings. The molecular formula is C22H30O4. The molecule has 0 radical (unpaired) electrons. The summed E-state index contributed by atoms with van der Waals surface area (Å²) in [6.45, 7) is 5.96. The van der Waals surface area contributed by atoms with E-state index in [4.69, 9.17) is 9.47 Å². The van der Waals surface area contributed by atoms with E-state index in [-0.39, 0.29) is 34.6 Å². The largest absolute Gasteiger partial charge is 0.501 e. The van der Waals surface area contributed by atoms with E-state index < -0.39 is 0 Å². The number of hydrogen-bond donors (Lipinski definition) is 0.